The van der Waals surface area contributed by atoms with Crippen LogP contribution in [-0.4, -0.2) is 20.0 Å². The minimum atomic E-state index is -0.503. The summed E-state index contributed by atoms with van der Waals surface area (Å²) in [6, 6.07) is 26.1. The lowest BCUT2D eigenvalue weighted by molar-refractivity contribution is 0.379. The van der Waals surface area contributed by atoms with E-state index < -0.39 is 5.92 Å². The molecule has 0 aliphatic carbocycles. The van der Waals surface area contributed by atoms with E-state index >= 15 is 0 Å². The first-order valence-corrected chi connectivity index (χ1v) is 11.5. The minimum Gasteiger partial charge on any atom is -0.420 e. The predicted octanol–water partition coefficient (Wildman–Crippen LogP) is 5.21. The maximum atomic E-state index is 10.1. The molecule has 34 heavy (non-hydrogen) atoms. The Bertz CT molecular complexity index is 1540. The first-order chi connectivity index (χ1) is 16.7. The summed E-state index contributed by atoms with van der Waals surface area (Å²) in [5.74, 6) is -0.0793. The SMILES string of the molecule is N#CC1=C(N)Oc2n[nH]c(-c3cccs3)c2C1c1cn(-c2ccccc2)nc1-c1ccccc1. The highest BCUT2D eigenvalue weighted by molar-refractivity contribution is 7.13. The lowest BCUT2D eigenvalue weighted by atomic mass is 9.83. The van der Waals surface area contributed by atoms with Gasteiger partial charge in [-0.3, -0.25) is 5.10 Å². The van der Waals surface area contributed by atoms with Gasteiger partial charge in [-0.25, -0.2) is 4.68 Å². The molecule has 1 aliphatic heterocycles. The average molecular weight is 463 g/mol. The molecule has 1 aliphatic rings. The summed E-state index contributed by atoms with van der Waals surface area (Å²) in [5.41, 5.74) is 11.6. The Labute approximate surface area is 199 Å². The molecule has 0 spiro atoms. The second kappa shape index (κ2) is 8.06. The van der Waals surface area contributed by atoms with E-state index in [1.54, 1.807) is 11.3 Å². The van der Waals surface area contributed by atoms with Gasteiger partial charge >= 0.3 is 0 Å². The number of allylic oxidation sites excluding steroid dienone is 1. The lowest BCUT2D eigenvalue weighted by Gasteiger charge is -2.23. The summed E-state index contributed by atoms with van der Waals surface area (Å²) in [6.45, 7) is 0. The van der Waals surface area contributed by atoms with Gasteiger partial charge in [0.1, 0.15) is 11.6 Å². The molecule has 1 atom stereocenters. The standard InChI is InChI=1S/C26H18N6OS/c27-14-18-21(22-24(20-12-7-13-34-20)29-30-26(22)33-25(18)28)19-15-32(17-10-5-2-6-11-17)31-23(19)16-8-3-1-4-9-16/h1-13,15,21H,28H2,(H,29,30). The van der Waals surface area contributed by atoms with Crippen LogP contribution in [0.2, 0.25) is 0 Å². The van der Waals surface area contributed by atoms with Crippen molar-refractivity contribution in [2.24, 2.45) is 5.73 Å². The molecule has 0 saturated heterocycles. The van der Waals surface area contributed by atoms with Crippen LogP contribution in [0.15, 0.2) is 95.8 Å². The van der Waals surface area contributed by atoms with E-state index in [1.165, 1.54) is 0 Å². The van der Waals surface area contributed by atoms with Crippen molar-refractivity contribution in [2.45, 2.75) is 5.92 Å². The Morgan fingerprint density at radius 1 is 1.03 bits per heavy atom. The maximum absolute atomic E-state index is 10.1. The summed E-state index contributed by atoms with van der Waals surface area (Å²) >= 11 is 1.59. The van der Waals surface area contributed by atoms with Crippen molar-refractivity contribution in [3.8, 4) is 39.5 Å². The topological polar surface area (TPSA) is 106 Å². The number of ether oxygens (including phenoxy) is 1. The summed E-state index contributed by atoms with van der Waals surface area (Å²) in [5, 5.41) is 24.6. The lowest BCUT2D eigenvalue weighted by Crippen LogP contribution is -2.21. The number of aromatic nitrogens is 4. The Morgan fingerprint density at radius 2 is 1.79 bits per heavy atom. The predicted molar refractivity (Wildman–Crippen MR) is 130 cm³/mol. The summed E-state index contributed by atoms with van der Waals surface area (Å²) in [7, 11) is 0. The molecule has 0 radical (unpaired) electrons. The number of hydrogen-bond acceptors (Lipinski definition) is 6. The highest BCUT2D eigenvalue weighted by Crippen LogP contribution is 2.48. The number of aromatic amines is 1. The third kappa shape index (κ3) is 3.18. The van der Waals surface area contributed by atoms with Crippen LogP contribution in [-0.2, 0) is 0 Å². The molecule has 0 saturated carbocycles. The van der Waals surface area contributed by atoms with E-state index in [9.17, 15) is 5.26 Å². The molecule has 0 bridgehead atoms. The Morgan fingerprint density at radius 3 is 2.50 bits per heavy atom. The zero-order valence-corrected chi connectivity index (χ0v) is 18.7. The van der Waals surface area contributed by atoms with Gasteiger partial charge in [-0.05, 0) is 23.6 Å². The van der Waals surface area contributed by atoms with Crippen molar-refractivity contribution in [1.82, 2.24) is 20.0 Å². The molecule has 0 fully saturated rings. The first kappa shape index (κ1) is 20.0. The van der Waals surface area contributed by atoms with Gasteiger partial charge < -0.3 is 10.5 Å². The number of nitrogens with zero attached hydrogens (tertiary/aromatic N) is 4. The van der Waals surface area contributed by atoms with Gasteiger partial charge in [0.25, 0.3) is 0 Å². The van der Waals surface area contributed by atoms with Gasteiger partial charge in [-0.2, -0.15) is 10.4 Å². The Hall–Kier alpha value is -4.61. The zero-order chi connectivity index (χ0) is 23.1. The smallest absolute Gasteiger partial charge is 0.244 e. The van der Waals surface area contributed by atoms with Crippen LogP contribution in [0, 0.1) is 11.3 Å². The summed E-state index contributed by atoms with van der Waals surface area (Å²) in [4.78, 5) is 0.997. The highest BCUT2D eigenvalue weighted by atomic mass is 32.1. The van der Waals surface area contributed by atoms with E-state index in [0.717, 1.165) is 38.6 Å². The van der Waals surface area contributed by atoms with Crippen LogP contribution >= 0.6 is 11.3 Å². The molecule has 8 heteroatoms. The maximum Gasteiger partial charge on any atom is 0.244 e. The molecule has 3 N–H and O–H groups in total. The van der Waals surface area contributed by atoms with Crippen molar-refractivity contribution >= 4 is 11.3 Å². The quantitative estimate of drug-likeness (QED) is 0.381. The van der Waals surface area contributed by atoms with Crippen LogP contribution in [0.4, 0.5) is 0 Å². The molecule has 2 aromatic carbocycles. The van der Waals surface area contributed by atoms with E-state index in [4.69, 9.17) is 15.6 Å². The number of thiophene rings is 1. The first-order valence-electron chi connectivity index (χ1n) is 10.6. The molecule has 7 nitrogen and oxygen atoms in total. The van der Waals surface area contributed by atoms with Crippen LogP contribution in [0.3, 0.4) is 0 Å². The summed E-state index contributed by atoms with van der Waals surface area (Å²) < 4.78 is 7.61. The number of para-hydroxylation sites is 1. The van der Waals surface area contributed by atoms with Gasteiger partial charge in [0.05, 0.1) is 33.4 Å². The Kier molecular flexibility index (Phi) is 4.75. The van der Waals surface area contributed by atoms with E-state index in [-0.39, 0.29) is 5.88 Å². The van der Waals surface area contributed by atoms with Crippen LogP contribution in [0.25, 0.3) is 27.5 Å². The fourth-order valence-corrected chi connectivity index (χ4v) is 5.03. The summed E-state index contributed by atoms with van der Waals surface area (Å²) in [6.07, 6.45) is 1.97. The molecule has 3 aromatic heterocycles. The van der Waals surface area contributed by atoms with E-state index in [2.05, 4.69) is 16.3 Å². The largest absolute Gasteiger partial charge is 0.420 e. The van der Waals surface area contributed by atoms with Crippen LogP contribution in [0.5, 0.6) is 5.88 Å². The molecule has 4 heterocycles. The van der Waals surface area contributed by atoms with Crippen molar-refractivity contribution in [1.29, 1.82) is 5.26 Å². The molecule has 1 unspecified atom stereocenters. The third-order valence-corrected chi connectivity index (χ3v) is 6.72. The number of benzene rings is 2. The number of rotatable bonds is 4. The Balaban J connectivity index is 1.63. The number of fused-ring (bicyclic) bond motifs is 1. The second-order valence-electron chi connectivity index (χ2n) is 7.80. The van der Waals surface area contributed by atoms with Gasteiger partial charge in [0.2, 0.25) is 11.8 Å². The van der Waals surface area contributed by atoms with Crippen molar-refractivity contribution in [2.75, 3.05) is 0 Å². The van der Waals surface area contributed by atoms with E-state index in [1.807, 2.05) is 89.1 Å². The van der Waals surface area contributed by atoms with Crippen LogP contribution in [0.1, 0.15) is 17.0 Å². The fraction of sp³-hybridized carbons (Fsp3) is 0.0385. The van der Waals surface area contributed by atoms with Crippen LogP contribution < -0.4 is 10.5 Å². The van der Waals surface area contributed by atoms with Crippen molar-refractivity contribution in [3.05, 3.63) is 107 Å². The molecular formula is C26H18N6OS. The van der Waals surface area contributed by atoms with Gasteiger partial charge in [0.15, 0.2) is 0 Å². The fourth-order valence-electron chi connectivity index (χ4n) is 4.30. The number of nitriles is 1. The molecule has 0 amide bonds. The van der Waals surface area contributed by atoms with Gasteiger partial charge in [-0.15, -0.1) is 16.4 Å². The van der Waals surface area contributed by atoms with Crippen molar-refractivity contribution < 1.29 is 4.74 Å². The molecule has 164 valence electrons. The number of nitrogens with one attached hydrogen (secondary N) is 1. The van der Waals surface area contributed by atoms with Gasteiger partial charge in [0, 0.05) is 17.3 Å². The van der Waals surface area contributed by atoms with E-state index in [0.29, 0.717) is 11.5 Å². The third-order valence-electron chi connectivity index (χ3n) is 5.83. The number of H-pyrrole nitrogens is 1. The molecule has 5 aromatic rings. The molecular weight excluding hydrogens is 444 g/mol. The monoisotopic (exact) mass is 462 g/mol. The zero-order valence-electron chi connectivity index (χ0n) is 17.8. The average Bonchev–Trinajstić information content (AvgIpc) is 3.64. The van der Waals surface area contributed by atoms with Crippen molar-refractivity contribution in [3.63, 3.8) is 0 Å². The van der Waals surface area contributed by atoms with Gasteiger partial charge in [-0.1, -0.05) is 54.6 Å². The highest BCUT2D eigenvalue weighted by Gasteiger charge is 2.38. The minimum absolute atomic E-state index is 0.0516. The number of hydrogen-bond donors (Lipinski definition) is 2. The molecule has 6 rings (SSSR count). The normalized spacial score (nSPS) is 15.0. The second-order valence-corrected chi connectivity index (χ2v) is 8.75. The number of nitrogens with two attached hydrogens (primary N) is 1.